The quantitative estimate of drug-likeness (QED) is 0.759. The highest BCUT2D eigenvalue weighted by Gasteiger charge is 2.24. The molecule has 0 aromatic heterocycles. The van der Waals surface area contributed by atoms with Gasteiger partial charge in [-0.25, -0.2) is 0 Å². The van der Waals surface area contributed by atoms with Gasteiger partial charge in [0.25, 0.3) is 0 Å². The molecule has 2 unspecified atom stereocenters. The highest BCUT2D eigenvalue weighted by atomic mass is 15.0. The zero-order chi connectivity index (χ0) is 11.4. The Bertz CT molecular complexity index is 194. The molecule has 2 fully saturated rings. The highest BCUT2D eigenvalue weighted by molar-refractivity contribution is 4.83. The molecule has 2 saturated carbocycles. The molecule has 0 aliphatic heterocycles. The van der Waals surface area contributed by atoms with E-state index in [1.165, 1.54) is 57.8 Å². The fourth-order valence-electron chi connectivity index (χ4n) is 3.57. The van der Waals surface area contributed by atoms with Crippen LogP contribution < -0.4 is 5.32 Å². The first kappa shape index (κ1) is 12.4. The van der Waals surface area contributed by atoms with Crippen molar-refractivity contribution in [3.05, 3.63) is 0 Å². The molecule has 0 aromatic carbocycles. The van der Waals surface area contributed by atoms with Crippen LogP contribution in [-0.4, -0.2) is 12.1 Å². The van der Waals surface area contributed by atoms with Gasteiger partial charge < -0.3 is 5.32 Å². The molecular weight excluding hydrogens is 194 g/mol. The molecule has 1 N–H and O–H groups in total. The molecule has 0 radical (unpaired) electrons. The lowest BCUT2D eigenvalue weighted by Crippen LogP contribution is -2.42. The number of rotatable bonds is 3. The van der Waals surface area contributed by atoms with E-state index in [0.717, 1.165) is 23.9 Å². The van der Waals surface area contributed by atoms with Gasteiger partial charge in [0.15, 0.2) is 0 Å². The lowest BCUT2D eigenvalue weighted by Gasteiger charge is -2.35. The molecule has 94 valence electrons. The van der Waals surface area contributed by atoms with E-state index >= 15 is 0 Å². The standard InChI is InChI=1S/C15H29N/c1-3-13-5-4-6-15(11-13)16-14-9-7-12(2)8-10-14/h12-16H,3-11H2,1-2H3. The number of hydrogen-bond donors (Lipinski definition) is 1. The third kappa shape index (κ3) is 3.48. The molecule has 2 rings (SSSR count). The molecule has 2 atom stereocenters. The van der Waals surface area contributed by atoms with Crippen LogP contribution in [0.5, 0.6) is 0 Å². The molecule has 2 aliphatic carbocycles. The van der Waals surface area contributed by atoms with E-state index in [2.05, 4.69) is 19.2 Å². The summed E-state index contributed by atoms with van der Waals surface area (Å²) >= 11 is 0. The minimum absolute atomic E-state index is 0.844. The van der Waals surface area contributed by atoms with Crippen LogP contribution >= 0.6 is 0 Å². The minimum atomic E-state index is 0.844. The monoisotopic (exact) mass is 223 g/mol. The van der Waals surface area contributed by atoms with Crippen LogP contribution in [0.1, 0.15) is 71.6 Å². The predicted octanol–water partition coefficient (Wildman–Crippen LogP) is 4.12. The van der Waals surface area contributed by atoms with Crippen molar-refractivity contribution in [2.75, 3.05) is 0 Å². The summed E-state index contributed by atoms with van der Waals surface area (Å²) in [5.41, 5.74) is 0. The van der Waals surface area contributed by atoms with Gasteiger partial charge in [0, 0.05) is 12.1 Å². The summed E-state index contributed by atoms with van der Waals surface area (Å²) in [7, 11) is 0. The predicted molar refractivity (Wildman–Crippen MR) is 70.6 cm³/mol. The lowest BCUT2D eigenvalue weighted by atomic mass is 9.82. The Balaban J connectivity index is 1.72. The van der Waals surface area contributed by atoms with Gasteiger partial charge >= 0.3 is 0 Å². The van der Waals surface area contributed by atoms with E-state index in [4.69, 9.17) is 0 Å². The maximum atomic E-state index is 3.94. The van der Waals surface area contributed by atoms with Crippen LogP contribution in [0.2, 0.25) is 0 Å². The van der Waals surface area contributed by atoms with Crippen molar-refractivity contribution in [3.8, 4) is 0 Å². The van der Waals surface area contributed by atoms with Crippen LogP contribution in [0.25, 0.3) is 0 Å². The zero-order valence-corrected chi connectivity index (χ0v) is 11.2. The van der Waals surface area contributed by atoms with E-state index in [-0.39, 0.29) is 0 Å². The third-order valence-corrected chi connectivity index (χ3v) is 4.85. The van der Waals surface area contributed by atoms with Gasteiger partial charge in [0.2, 0.25) is 0 Å². The molecule has 0 heterocycles. The molecule has 0 amide bonds. The molecule has 0 aromatic rings. The second kappa shape index (κ2) is 6.05. The molecule has 0 spiro atoms. The normalized spacial score (nSPS) is 40.9. The summed E-state index contributed by atoms with van der Waals surface area (Å²) in [6.45, 7) is 4.76. The Hall–Kier alpha value is -0.0400. The van der Waals surface area contributed by atoms with Crippen LogP contribution in [0, 0.1) is 11.8 Å². The van der Waals surface area contributed by atoms with E-state index in [0.29, 0.717) is 0 Å². The number of nitrogens with one attached hydrogen (secondary N) is 1. The maximum Gasteiger partial charge on any atom is 0.00722 e. The Kier molecular flexibility index (Phi) is 4.69. The van der Waals surface area contributed by atoms with Gasteiger partial charge in [0.1, 0.15) is 0 Å². The molecule has 0 bridgehead atoms. The Labute approximate surface area is 101 Å². The van der Waals surface area contributed by atoms with Crippen molar-refractivity contribution in [3.63, 3.8) is 0 Å². The smallest absolute Gasteiger partial charge is 0.00722 e. The first-order valence-electron chi connectivity index (χ1n) is 7.54. The van der Waals surface area contributed by atoms with Gasteiger partial charge in [-0.2, -0.15) is 0 Å². The second-order valence-electron chi connectivity index (χ2n) is 6.26. The molecule has 16 heavy (non-hydrogen) atoms. The van der Waals surface area contributed by atoms with Crippen molar-refractivity contribution >= 4 is 0 Å². The third-order valence-electron chi connectivity index (χ3n) is 4.85. The zero-order valence-electron chi connectivity index (χ0n) is 11.2. The topological polar surface area (TPSA) is 12.0 Å². The minimum Gasteiger partial charge on any atom is -0.311 e. The molecule has 1 nitrogen and oxygen atoms in total. The van der Waals surface area contributed by atoms with Crippen molar-refractivity contribution in [2.45, 2.75) is 83.7 Å². The Morgan fingerprint density at radius 2 is 1.69 bits per heavy atom. The van der Waals surface area contributed by atoms with Crippen LogP contribution in [0.4, 0.5) is 0 Å². The second-order valence-corrected chi connectivity index (χ2v) is 6.26. The van der Waals surface area contributed by atoms with Gasteiger partial charge in [-0.15, -0.1) is 0 Å². The van der Waals surface area contributed by atoms with Crippen LogP contribution in [0.3, 0.4) is 0 Å². The average molecular weight is 223 g/mol. The van der Waals surface area contributed by atoms with Crippen molar-refractivity contribution in [2.24, 2.45) is 11.8 Å². The summed E-state index contributed by atoms with van der Waals surface area (Å²) in [4.78, 5) is 0. The van der Waals surface area contributed by atoms with Gasteiger partial charge in [-0.3, -0.25) is 0 Å². The molecular formula is C15H29N. The fraction of sp³-hybridized carbons (Fsp3) is 1.00. The fourth-order valence-corrected chi connectivity index (χ4v) is 3.57. The largest absolute Gasteiger partial charge is 0.311 e. The summed E-state index contributed by atoms with van der Waals surface area (Å²) in [5, 5.41) is 3.94. The summed E-state index contributed by atoms with van der Waals surface area (Å²) in [6.07, 6.45) is 13.0. The first-order valence-corrected chi connectivity index (χ1v) is 7.54. The average Bonchev–Trinajstić information content (AvgIpc) is 2.32. The summed E-state index contributed by atoms with van der Waals surface area (Å²) in [5.74, 6) is 1.99. The van der Waals surface area contributed by atoms with Crippen molar-refractivity contribution in [1.82, 2.24) is 5.32 Å². The molecule has 2 aliphatic rings. The van der Waals surface area contributed by atoms with Crippen molar-refractivity contribution in [1.29, 1.82) is 0 Å². The Morgan fingerprint density at radius 1 is 0.938 bits per heavy atom. The van der Waals surface area contributed by atoms with E-state index < -0.39 is 0 Å². The number of hydrogen-bond acceptors (Lipinski definition) is 1. The first-order chi connectivity index (χ1) is 7.78. The van der Waals surface area contributed by atoms with E-state index in [1.807, 2.05) is 0 Å². The van der Waals surface area contributed by atoms with Gasteiger partial charge in [-0.05, 0) is 50.4 Å². The molecule has 1 heteroatoms. The van der Waals surface area contributed by atoms with E-state index in [9.17, 15) is 0 Å². The van der Waals surface area contributed by atoms with E-state index in [1.54, 1.807) is 0 Å². The summed E-state index contributed by atoms with van der Waals surface area (Å²) < 4.78 is 0. The van der Waals surface area contributed by atoms with Crippen LogP contribution in [-0.2, 0) is 0 Å². The SMILES string of the molecule is CCC1CCCC(NC2CCC(C)CC2)C1. The highest BCUT2D eigenvalue weighted by Crippen LogP contribution is 2.29. The maximum absolute atomic E-state index is 3.94. The van der Waals surface area contributed by atoms with Crippen LogP contribution in [0.15, 0.2) is 0 Å². The lowest BCUT2D eigenvalue weighted by molar-refractivity contribution is 0.227. The van der Waals surface area contributed by atoms with Gasteiger partial charge in [-0.1, -0.05) is 33.1 Å². The van der Waals surface area contributed by atoms with Gasteiger partial charge in [0.05, 0.1) is 0 Å². The summed E-state index contributed by atoms with van der Waals surface area (Å²) in [6, 6.07) is 1.69. The molecule has 0 saturated heterocycles. The van der Waals surface area contributed by atoms with Crippen molar-refractivity contribution < 1.29 is 0 Å². The Morgan fingerprint density at radius 3 is 2.38 bits per heavy atom.